The van der Waals surface area contributed by atoms with E-state index in [0.29, 0.717) is 0 Å². The Morgan fingerprint density at radius 2 is 1.96 bits per heavy atom. The van der Waals surface area contributed by atoms with E-state index in [2.05, 4.69) is 0 Å². The van der Waals surface area contributed by atoms with Crippen LogP contribution in [-0.4, -0.2) is 34.8 Å². The third-order valence-corrected chi connectivity index (χ3v) is 3.55. The summed E-state index contributed by atoms with van der Waals surface area (Å²) in [6, 6.07) is 8.86. The van der Waals surface area contributed by atoms with Crippen molar-refractivity contribution in [2.75, 3.05) is 0 Å². The fourth-order valence-electron chi connectivity index (χ4n) is 2.61. The summed E-state index contributed by atoms with van der Waals surface area (Å²) in [7, 11) is 0. The largest absolute Gasteiger partial charge is 0.443 e. The fourth-order valence-corrected chi connectivity index (χ4v) is 2.61. The molecule has 0 N–H and O–H groups in total. The molecular formula is C18H21NO4. The summed E-state index contributed by atoms with van der Waals surface area (Å²) < 4.78 is 5.32. The van der Waals surface area contributed by atoms with Crippen LogP contribution in [-0.2, 0) is 14.3 Å². The Morgan fingerprint density at radius 1 is 1.30 bits per heavy atom. The Labute approximate surface area is 135 Å². The molecule has 2 atom stereocenters. The van der Waals surface area contributed by atoms with Crippen LogP contribution >= 0.6 is 0 Å². The molecule has 0 unspecified atom stereocenters. The number of hydrogen-bond donors (Lipinski definition) is 0. The summed E-state index contributed by atoms with van der Waals surface area (Å²) in [6.45, 7) is 5.23. The van der Waals surface area contributed by atoms with E-state index in [-0.39, 0.29) is 12.3 Å². The second kappa shape index (κ2) is 6.77. The molecule has 1 aromatic carbocycles. The zero-order valence-corrected chi connectivity index (χ0v) is 13.6. The van der Waals surface area contributed by atoms with E-state index in [1.54, 1.807) is 26.8 Å². The lowest BCUT2D eigenvalue weighted by atomic mass is 9.89. The van der Waals surface area contributed by atoms with E-state index in [0.717, 1.165) is 16.7 Å². The van der Waals surface area contributed by atoms with Crippen LogP contribution in [0.2, 0.25) is 0 Å². The van der Waals surface area contributed by atoms with Crippen molar-refractivity contribution in [3.63, 3.8) is 0 Å². The molecule has 0 aromatic heterocycles. The van der Waals surface area contributed by atoms with Crippen LogP contribution in [0.15, 0.2) is 42.5 Å². The fraction of sp³-hybridized carbons (Fsp3) is 0.389. The van der Waals surface area contributed by atoms with E-state index in [4.69, 9.17) is 4.74 Å². The number of benzene rings is 1. The highest BCUT2D eigenvalue weighted by Crippen LogP contribution is 2.31. The molecule has 0 bridgehead atoms. The van der Waals surface area contributed by atoms with Crippen LogP contribution in [0.4, 0.5) is 4.79 Å². The zero-order valence-electron chi connectivity index (χ0n) is 13.6. The lowest BCUT2D eigenvalue weighted by Crippen LogP contribution is -2.45. The number of carbonyl (C=O) groups excluding carboxylic acids is 3. The first-order valence-electron chi connectivity index (χ1n) is 7.56. The minimum atomic E-state index is -0.697. The van der Waals surface area contributed by atoms with Gasteiger partial charge in [-0.3, -0.25) is 4.79 Å². The van der Waals surface area contributed by atoms with Gasteiger partial charge in [0.1, 0.15) is 11.9 Å². The van der Waals surface area contributed by atoms with Crippen molar-refractivity contribution in [1.82, 2.24) is 4.90 Å². The lowest BCUT2D eigenvalue weighted by Gasteiger charge is -2.31. The molecule has 1 aliphatic rings. The molecule has 5 heteroatoms. The highest BCUT2D eigenvalue weighted by Gasteiger charge is 2.39. The number of rotatable bonds is 4. The van der Waals surface area contributed by atoms with Crippen LogP contribution in [0.3, 0.4) is 0 Å². The standard InChI is InChI=1S/C18H21NO4/c1-18(2,3)23-17(22)19-15(9-10-16(19)21)14(11-12-20)13-7-5-4-6-8-13/h4-10,12,14-15H,11H2,1-3H3/t14-,15-/m1/s1. The van der Waals surface area contributed by atoms with Gasteiger partial charge >= 0.3 is 6.09 Å². The molecule has 0 aliphatic carbocycles. The van der Waals surface area contributed by atoms with E-state index in [1.165, 1.54) is 6.08 Å². The number of hydrogen-bond acceptors (Lipinski definition) is 4. The van der Waals surface area contributed by atoms with Crippen molar-refractivity contribution in [3.8, 4) is 0 Å². The smallest absolute Gasteiger partial charge is 0.417 e. The van der Waals surface area contributed by atoms with Crippen molar-refractivity contribution >= 4 is 18.3 Å². The van der Waals surface area contributed by atoms with Crippen LogP contribution in [0, 0.1) is 0 Å². The molecule has 1 heterocycles. The Balaban J connectivity index is 2.30. The van der Waals surface area contributed by atoms with Gasteiger partial charge in [-0.05, 0) is 26.3 Å². The minimum absolute atomic E-state index is 0.214. The molecule has 1 aliphatic heterocycles. The molecule has 0 fully saturated rings. The summed E-state index contributed by atoms with van der Waals surface area (Å²) in [5, 5.41) is 0. The quantitative estimate of drug-likeness (QED) is 0.801. The molecular weight excluding hydrogens is 294 g/mol. The number of nitrogens with zero attached hydrogens (tertiary/aromatic N) is 1. The number of imide groups is 1. The monoisotopic (exact) mass is 315 g/mol. The number of aldehydes is 1. The maximum absolute atomic E-state index is 12.4. The minimum Gasteiger partial charge on any atom is -0.443 e. The lowest BCUT2D eigenvalue weighted by molar-refractivity contribution is -0.126. The van der Waals surface area contributed by atoms with E-state index < -0.39 is 23.6 Å². The van der Waals surface area contributed by atoms with Crippen molar-refractivity contribution in [3.05, 3.63) is 48.0 Å². The van der Waals surface area contributed by atoms with Gasteiger partial charge in [-0.2, -0.15) is 0 Å². The first kappa shape index (κ1) is 16.9. The van der Waals surface area contributed by atoms with Crippen molar-refractivity contribution in [2.24, 2.45) is 0 Å². The zero-order chi connectivity index (χ0) is 17.0. The second-order valence-corrected chi connectivity index (χ2v) is 6.46. The van der Waals surface area contributed by atoms with Gasteiger partial charge in [0, 0.05) is 18.4 Å². The molecule has 0 saturated heterocycles. The van der Waals surface area contributed by atoms with Crippen LogP contribution in [0.5, 0.6) is 0 Å². The number of ether oxygens (including phenoxy) is 1. The SMILES string of the molecule is CC(C)(C)OC(=O)N1C(=O)C=C[C@@H]1[C@H](CC=O)c1ccccc1. The van der Waals surface area contributed by atoms with E-state index >= 15 is 0 Å². The van der Waals surface area contributed by atoms with Gasteiger partial charge in [-0.25, -0.2) is 9.69 Å². The van der Waals surface area contributed by atoms with E-state index in [1.807, 2.05) is 30.3 Å². The van der Waals surface area contributed by atoms with Gasteiger partial charge in [0.2, 0.25) is 0 Å². The van der Waals surface area contributed by atoms with Crippen LogP contribution < -0.4 is 0 Å². The maximum atomic E-state index is 12.4. The molecule has 0 saturated carbocycles. The topological polar surface area (TPSA) is 63.7 Å². The third kappa shape index (κ3) is 4.06. The first-order chi connectivity index (χ1) is 10.8. The summed E-state index contributed by atoms with van der Waals surface area (Å²) >= 11 is 0. The van der Waals surface area contributed by atoms with E-state index in [9.17, 15) is 14.4 Å². The first-order valence-corrected chi connectivity index (χ1v) is 7.56. The van der Waals surface area contributed by atoms with Gasteiger partial charge in [-0.1, -0.05) is 36.4 Å². The predicted molar refractivity (Wildman–Crippen MR) is 85.9 cm³/mol. The Bertz CT molecular complexity index is 616. The predicted octanol–water partition coefficient (Wildman–Crippen LogP) is 3.06. The molecule has 0 radical (unpaired) electrons. The van der Waals surface area contributed by atoms with Gasteiger partial charge in [0.05, 0.1) is 6.04 Å². The van der Waals surface area contributed by atoms with Crippen molar-refractivity contribution < 1.29 is 19.1 Å². The third-order valence-electron chi connectivity index (χ3n) is 3.55. The summed E-state index contributed by atoms with van der Waals surface area (Å²) in [5.41, 5.74) is 0.203. The summed E-state index contributed by atoms with van der Waals surface area (Å²) in [5.74, 6) is -0.708. The van der Waals surface area contributed by atoms with Gasteiger partial charge in [0.15, 0.2) is 0 Å². The molecule has 2 amide bonds. The molecule has 122 valence electrons. The van der Waals surface area contributed by atoms with Crippen molar-refractivity contribution in [1.29, 1.82) is 0 Å². The second-order valence-electron chi connectivity index (χ2n) is 6.46. The Morgan fingerprint density at radius 3 is 2.52 bits per heavy atom. The number of carbonyl (C=O) groups is 3. The van der Waals surface area contributed by atoms with Crippen LogP contribution in [0.25, 0.3) is 0 Å². The maximum Gasteiger partial charge on any atom is 0.417 e. The van der Waals surface area contributed by atoms with Gasteiger partial charge < -0.3 is 9.53 Å². The van der Waals surface area contributed by atoms with Crippen LogP contribution in [0.1, 0.15) is 38.7 Å². The summed E-state index contributed by atoms with van der Waals surface area (Å²) in [4.78, 5) is 36.7. The number of amides is 2. The molecule has 5 nitrogen and oxygen atoms in total. The average Bonchev–Trinajstić information content (AvgIpc) is 2.85. The van der Waals surface area contributed by atoms with Gasteiger partial charge in [-0.15, -0.1) is 0 Å². The molecule has 2 rings (SSSR count). The Kier molecular flexibility index (Phi) is 4.98. The highest BCUT2D eigenvalue weighted by atomic mass is 16.6. The average molecular weight is 315 g/mol. The normalized spacial score (nSPS) is 18.8. The molecule has 23 heavy (non-hydrogen) atoms. The van der Waals surface area contributed by atoms with Crippen molar-refractivity contribution in [2.45, 2.75) is 44.8 Å². The van der Waals surface area contributed by atoms with Gasteiger partial charge in [0.25, 0.3) is 5.91 Å². The molecule has 1 aromatic rings. The highest BCUT2D eigenvalue weighted by molar-refractivity contribution is 6.01. The summed E-state index contributed by atoms with van der Waals surface area (Å²) in [6.07, 6.45) is 3.35. The molecule has 0 spiro atoms. The Hall–Kier alpha value is -2.43.